The summed E-state index contributed by atoms with van der Waals surface area (Å²) in [5.74, 6) is -2.98. The van der Waals surface area contributed by atoms with Gasteiger partial charge in [-0.05, 0) is 38.5 Å². The lowest BCUT2D eigenvalue weighted by Gasteiger charge is -2.23. The van der Waals surface area contributed by atoms with Crippen LogP contribution in [0.3, 0.4) is 0 Å². The van der Waals surface area contributed by atoms with E-state index in [-0.39, 0.29) is 30.2 Å². The lowest BCUT2D eigenvalue weighted by atomic mass is 9.80. The van der Waals surface area contributed by atoms with Gasteiger partial charge in [0, 0.05) is 17.4 Å². The van der Waals surface area contributed by atoms with E-state index in [4.69, 9.17) is 20.9 Å². The smallest absolute Gasteiger partial charge is 0.334 e. The normalized spacial score (nSPS) is 13.0. The number of esters is 1. The van der Waals surface area contributed by atoms with Crippen molar-refractivity contribution in [1.82, 2.24) is 5.16 Å². The van der Waals surface area contributed by atoms with Crippen LogP contribution < -0.4 is 0 Å². The molecule has 0 spiro atoms. The molecule has 0 aliphatic carbocycles. The van der Waals surface area contributed by atoms with Crippen molar-refractivity contribution in [3.8, 4) is 0 Å². The number of benzene rings is 1. The van der Waals surface area contributed by atoms with Gasteiger partial charge in [-0.25, -0.2) is 0 Å². The van der Waals surface area contributed by atoms with Gasteiger partial charge in [-0.3, -0.25) is 19.7 Å². The van der Waals surface area contributed by atoms with Crippen molar-refractivity contribution in [2.24, 2.45) is 5.92 Å². The number of hydrogen-bond donors (Lipinski definition) is 0. The highest BCUT2D eigenvalue weighted by Gasteiger charge is 2.38. The van der Waals surface area contributed by atoms with Gasteiger partial charge < -0.3 is 9.26 Å². The molecule has 0 N–H and O–H groups in total. The number of ketones is 1. The van der Waals surface area contributed by atoms with Crippen molar-refractivity contribution in [3.05, 3.63) is 56.4 Å². The van der Waals surface area contributed by atoms with E-state index in [1.165, 1.54) is 13.8 Å². The molecule has 2 aromatic rings. The van der Waals surface area contributed by atoms with Crippen molar-refractivity contribution in [2.75, 3.05) is 6.61 Å². The molecule has 0 aliphatic heterocycles. The predicted molar refractivity (Wildman–Crippen MR) is 96.6 cm³/mol. The molecule has 1 heterocycles. The standard InChI is InChI=1S/C18H19ClN2O6/c1-4-26-18(23)16(11(3)22)14(12-5-7-13(19)8-6-12)9-15-17(21(24)25)10(2)20-27-15/h5-8,14,16H,4,9H2,1-3H3. The summed E-state index contributed by atoms with van der Waals surface area (Å²) in [6.45, 7) is 4.48. The second-order valence-corrected chi connectivity index (χ2v) is 6.44. The zero-order chi connectivity index (χ0) is 20.1. The molecule has 27 heavy (non-hydrogen) atoms. The minimum atomic E-state index is -1.14. The van der Waals surface area contributed by atoms with Crippen molar-refractivity contribution >= 4 is 29.0 Å². The van der Waals surface area contributed by atoms with E-state index in [1.54, 1.807) is 31.2 Å². The summed E-state index contributed by atoms with van der Waals surface area (Å²) in [5.41, 5.74) is 0.469. The van der Waals surface area contributed by atoms with Gasteiger partial charge in [0.25, 0.3) is 0 Å². The molecule has 8 nitrogen and oxygen atoms in total. The van der Waals surface area contributed by atoms with Gasteiger partial charge >= 0.3 is 11.7 Å². The van der Waals surface area contributed by atoms with Crippen LogP contribution in [-0.2, 0) is 20.7 Å². The first-order valence-electron chi connectivity index (χ1n) is 8.28. The minimum Gasteiger partial charge on any atom is -0.465 e. The molecular formula is C18H19ClN2O6. The van der Waals surface area contributed by atoms with Crippen LogP contribution in [-0.4, -0.2) is 28.4 Å². The third kappa shape index (κ3) is 4.71. The number of carbonyl (C=O) groups is 2. The Kier molecular flexibility index (Phi) is 6.68. The van der Waals surface area contributed by atoms with Crippen molar-refractivity contribution in [3.63, 3.8) is 0 Å². The molecule has 9 heteroatoms. The highest BCUT2D eigenvalue weighted by molar-refractivity contribution is 6.30. The maximum atomic E-state index is 12.4. The number of nitro groups is 1. The maximum Gasteiger partial charge on any atom is 0.334 e. The zero-order valence-electron chi connectivity index (χ0n) is 15.1. The Morgan fingerprint density at radius 2 is 1.96 bits per heavy atom. The van der Waals surface area contributed by atoms with E-state index in [1.807, 2.05) is 0 Å². The van der Waals surface area contributed by atoms with Gasteiger partial charge in [-0.1, -0.05) is 28.9 Å². The lowest BCUT2D eigenvalue weighted by Crippen LogP contribution is -2.31. The average Bonchev–Trinajstić information content (AvgIpc) is 2.95. The Morgan fingerprint density at radius 3 is 2.48 bits per heavy atom. The molecule has 1 aromatic carbocycles. The van der Waals surface area contributed by atoms with Gasteiger partial charge in [-0.2, -0.15) is 0 Å². The fourth-order valence-corrected chi connectivity index (χ4v) is 3.09. The molecule has 0 bridgehead atoms. The summed E-state index contributed by atoms with van der Waals surface area (Å²) < 4.78 is 10.2. The summed E-state index contributed by atoms with van der Waals surface area (Å²) in [5, 5.41) is 15.5. The highest BCUT2D eigenvalue weighted by atomic mass is 35.5. The van der Waals surface area contributed by atoms with Crippen molar-refractivity contribution < 1.29 is 23.8 Å². The van der Waals surface area contributed by atoms with Gasteiger partial charge in [0.2, 0.25) is 5.76 Å². The first-order valence-corrected chi connectivity index (χ1v) is 8.66. The zero-order valence-corrected chi connectivity index (χ0v) is 15.9. The first kappa shape index (κ1) is 20.6. The average molecular weight is 395 g/mol. The van der Waals surface area contributed by atoms with Gasteiger partial charge in [0.05, 0.1) is 11.5 Å². The van der Waals surface area contributed by atoms with E-state index in [9.17, 15) is 19.7 Å². The van der Waals surface area contributed by atoms with Crippen LogP contribution in [0.1, 0.15) is 36.8 Å². The lowest BCUT2D eigenvalue weighted by molar-refractivity contribution is -0.386. The Hall–Kier alpha value is -2.74. The molecule has 0 aliphatic rings. The molecule has 0 radical (unpaired) electrons. The predicted octanol–water partition coefficient (Wildman–Crippen LogP) is 3.64. The molecular weight excluding hydrogens is 376 g/mol. The molecule has 2 atom stereocenters. The Bertz CT molecular complexity index is 846. The number of carbonyl (C=O) groups excluding carboxylic acids is 2. The van der Waals surface area contributed by atoms with Gasteiger partial charge in [0.15, 0.2) is 5.69 Å². The van der Waals surface area contributed by atoms with Crippen LogP contribution in [0.5, 0.6) is 0 Å². The largest absolute Gasteiger partial charge is 0.465 e. The number of rotatable bonds is 8. The number of aromatic nitrogens is 1. The number of halogens is 1. The number of ether oxygens (including phenoxy) is 1. The monoisotopic (exact) mass is 394 g/mol. The number of aryl methyl sites for hydroxylation is 1. The minimum absolute atomic E-state index is 0.00648. The molecule has 0 saturated heterocycles. The van der Waals surface area contributed by atoms with Gasteiger partial charge in [0.1, 0.15) is 11.7 Å². The van der Waals surface area contributed by atoms with Crippen LogP contribution in [0.25, 0.3) is 0 Å². The Morgan fingerprint density at radius 1 is 1.33 bits per heavy atom. The fraction of sp³-hybridized carbons (Fsp3) is 0.389. The Labute approximate surface area is 160 Å². The van der Waals surface area contributed by atoms with E-state index in [2.05, 4.69) is 5.16 Å². The van der Waals surface area contributed by atoms with E-state index < -0.39 is 28.5 Å². The second-order valence-electron chi connectivity index (χ2n) is 6.00. The summed E-state index contributed by atoms with van der Waals surface area (Å²) in [6.07, 6.45) is -0.0676. The summed E-state index contributed by atoms with van der Waals surface area (Å²) in [4.78, 5) is 35.4. The SMILES string of the molecule is CCOC(=O)C(C(C)=O)C(Cc1onc(C)c1[N+](=O)[O-])c1ccc(Cl)cc1. The molecule has 2 rings (SSSR count). The Balaban J connectivity index is 2.52. The molecule has 144 valence electrons. The molecule has 1 aromatic heterocycles. The summed E-state index contributed by atoms with van der Waals surface area (Å²) in [7, 11) is 0. The van der Waals surface area contributed by atoms with E-state index in [0.717, 1.165) is 0 Å². The highest BCUT2D eigenvalue weighted by Crippen LogP contribution is 2.35. The van der Waals surface area contributed by atoms with E-state index in [0.29, 0.717) is 10.6 Å². The van der Waals surface area contributed by atoms with Crippen molar-refractivity contribution in [1.29, 1.82) is 0 Å². The molecule has 0 amide bonds. The second kappa shape index (κ2) is 8.77. The van der Waals surface area contributed by atoms with Crippen LogP contribution >= 0.6 is 11.6 Å². The van der Waals surface area contributed by atoms with Crippen molar-refractivity contribution in [2.45, 2.75) is 33.1 Å². The van der Waals surface area contributed by atoms with Crippen LogP contribution in [0.4, 0.5) is 5.69 Å². The molecule has 0 fully saturated rings. The molecule has 0 saturated carbocycles. The van der Waals surface area contributed by atoms with Crippen LogP contribution in [0.15, 0.2) is 28.8 Å². The van der Waals surface area contributed by atoms with Crippen LogP contribution in [0, 0.1) is 23.0 Å². The summed E-state index contributed by atoms with van der Waals surface area (Å²) in [6, 6.07) is 6.56. The third-order valence-corrected chi connectivity index (χ3v) is 4.42. The van der Waals surface area contributed by atoms with Crippen LogP contribution in [0.2, 0.25) is 5.02 Å². The third-order valence-electron chi connectivity index (χ3n) is 4.17. The number of hydrogen-bond acceptors (Lipinski definition) is 7. The van der Waals surface area contributed by atoms with E-state index >= 15 is 0 Å². The maximum absolute atomic E-state index is 12.4. The topological polar surface area (TPSA) is 113 Å². The quantitative estimate of drug-likeness (QED) is 0.290. The number of nitrogens with zero attached hydrogens (tertiary/aromatic N) is 2. The summed E-state index contributed by atoms with van der Waals surface area (Å²) >= 11 is 5.92. The van der Waals surface area contributed by atoms with Gasteiger partial charge in [-0.15, -0.1) is 0 Å². The fourth-order valence-electron chi connectivity index (χ4n) is 2.96. The first-order chi connectivity index (χ1) is 12.8. The molecule has 2 unspecified atom stereocenters. The number of Topliss-reactive ketones (excluding diaryl/α,β-unsaturated/α-hetero) is 1.